The van der Waals surface area contributed by atoms with Gasteiger partial charge >= 0.3 is 0 Å². The molecule has 0 fully saturated rings. The van der Waals surface area contributed by atoms with E-state index in [4.69, 9.17) is 11.6 Å². The fraction of sp³-hybridized carbons (Fsp3) is 0.222. The molecule has 0 unspecified atom stereocenters. The summed E-state index contributed by atoms with van der Waals surface area (Å²) >= 11 is 9.89. The lowest BCUT2D eigenvalue weighted by molar-refractivity contribution is 0.424. The molecule has 0 saturated carbocycles. The molecule has 3 atom stereocenters. The molecule has 21 heavy (non-hydrogen) atoms. The van der Waals surface area contributed by atoms with E-state index in [9.17, 15) is 0 Å². The Morgan fingerprint density at radius 3 is 2.81 bits per heavy atom. The Hall–Kier alpha value is -1.25. The van der Waals surface area contributed by atoms with Crippen molar-refractivity contribution < 1.29 is 0 Å². The number of hydrogen-bond acceptors (Lipinski definition) is 1. The van der Waals surface area contributed by atoms with Gasteiger partial charge in [-0.25, -0.2) is 0 Å². The van der Waals surface area contributed by atoms with Crippen LogP contribution in [0.3, 0.4) is 0 Å². The van der Waals surface area contributed by atoms with Crippen molar-refractivity contribution in [2.45, 2.75) is 18.4 Å². The predicted octanol–water partition coefficient (Wildman–Crippen LogP) is 5.93. The lowest BCUT2D eigenvalue weighted by atomic mass is 9.77. The molecule has 1 N–H and O–H groups in total. The standard InChI is InChI=1S/C18H15BrClN/c19-16-7-2-1-4-14(16)18-13-6-3-5-12(13)15-10-11(20)8-9-17(15)21-18/h1-5,7-10,12-13,18,21H,6H2/t12-,13+,18+/m0/s1. The first-order valence-electron chi connectivity index (χ1n) is 7.21. The van der Waals surface area contributed by atoms with Gasteiger partial charge in [-0.15, -0.1) is 0 Å². The molecule has 4 rings (SSSR count). The third kappa shape index (κ3) is 2.21. The molecule has 3 heteroatoms. The van der Waals surface area contributed by atoms with Crippen LogP contribution in [-0.4, -0.2) is 0 Å². The van der Waals surface area contributed by atoms with E-state index in [2.05, 4.69) is 69.8 Å². The minimum absolute atomic E-state index is 0.328. The highest BCUT2D eigenvalue weighted by molar-refractivity contribution is 9.10. The van der Waals surface area contributed by atoms with Crippen molar-refractivity contribution in [1.82, 2.24) is 0 Å². The average Bonchev–Trinajstić information content (AvgIpc) is 2.97. The maximum atomic E-state index is 6.19. The highest BCUT2D eigenvalue weighted by Crippen LogP contribution is 2.51. The molecule has 1 nitrogen and oxygen atoms in total. The molecule has 0 spiro atoms. The number of fused-ring (bicyclic) bond motifs is 3. The van der Waals surface area contributed by atoms with Crippen molar-refractivity contribution in [1.29, 1.82) is 0 Å². The molecule has 0 amide bonds. The van der Waals surface area contributed by atoms with Crippen molar-refractivity contribution in [2.24, 2.45) is 5.92 Å². The second-order valence-electron chi connectivity index (χ2n) is 5.73. The van der Waals surface area contributed by atoms with Crippen LogP contribution >= 0.6 is 27.5 Å². The van der Waals surface area contributed by atoms with Gasteiger partial charge in [0.1, 0.15) is 0 Å². The van der Waals surface area contributed by atoms with Gasteiger partial charge in [0.05, 0.1) is 6.04 Å². The van der Waals surface area contributed by atoms with Crippen LogP contribution in [0.5, 0.6) is 0 Å². The number of nitrogens with one attached hydrogen (secondary N) is 1. The van der Waals surface area contributed by atoms with Crippen LogP contribution in [0, 0.1) is 5.92 Å². The molecule has 0 radical (unpaired) electrons. The van der Waals surface area contributed by atoms with Crippen LogP contribution in [0.25, 0.3) is 0 Å². The van der Waals surface area contributed by atoms with E-state index in [1.807, 2.05) is 6.07 Å². The Kier molecular flexibility index (Phi) is 3.31. The summed E-state index contributed by atoms with van der Waals surface area (Å²) in [6.07, 6.45) is 5.75. The normalized spacial score (nSPS) is 26.1. The second kappa shape index (κ2) is 5.19. The van der Waals surface area contributed by atoms with E-state index >= 15 is 0 Å². The number of halogens is 2. The molecule has 0 saturated heterocycles. The summed E-state index contributed by atoms with van der Waals surface area (Å²) in [5.41, 5.74) is 3.86. The van der Waals surface area contributed by atoms with Crippen LogP contribution in [0.1, 0.15) is 29.5 Å². The minimum Gasteiger partial charge on any atom is -0.378 e. The zero-order valence-corrected chi connectivity index (χ0v) is 13.7. The summed E-state index contributed by atoms with van der Waals surface area (Å²) in [5.74, 6) is 1.01. The first kappa shape index (κ1) is 13.4. The first-order valence-corrected chi connectivity index (χ1v) is 8.38. The van der Waals surface area contributed by atoms with Gasteiger partial charge in [-0.3, -0.25) is 0 Å². The van der Waals surface area contributed by atoms with Gasteiger partial charge in [-0.05, 0) is 47.7 Å². The van der Waals surface area contributed by atoms with E-state index in [1.165, 1.54) is 21.3 Å². The third-order valence-electron chi connectivity index (χ3n) is 4.57. The summed E-state index contributed by atoms with van der Waals surface area (Å²) in [7, 11) is 0. The molecule has 0 aromatic heterocycles. The Morgan fingerprint density at radius 1 is 1.10 bits per heavy atom. The van der Waals surface area contributed by atoms with E-state index in [1.54, 1.807) is 0 Å². The zero-order chi connectivity index (χ0) is 14.4. The SMILES string of the molecule is Clc1ccc2c(c1)[C@H]1C=CC[C@H]1[C@H](c1ccccc1Br)N2. The van der Waals surface area contributed by atoms with E-state index < -0.39 is 0 Å². The van der Waals surface area contributed by atoms with Gasteiger partial charge in [-0.2, -0.15) is 0 Å². The molecule has 2 aliphatic rings. The second-order valence-corrected chi connectivity index (χ2v) is 7.02. The van der Waals surface area contributed by atoms with Crippen molar-refractivity contribution in [3.63, 3.8) is 0 Å². The molecule has 1 aliphatic heterocycles. The summed E-state index contributed by atoms with van der Waals surface area (Å²) in [4.78, 5) is 0. The molecule has 0 bridgehead atoms. The van der Waals surface area contributed by atoms with Gasteiger partial charge < -0.3 is 5.32 Å². The van der Waals surface area contributed by atoms with Crippen LogP contribution in [0.15, 0.2) is 59.1 Å². The van der Waals surface area contributed by atoms with Crippen molar-refractivity contribution in [2.75, 3.05) is 5.32 Å². The number of anilines is 1. The summed E-state index contributed by atoms with van der Waals surface area (Å²) < 4.78 is 1.17. The summed E-state index contributed by atoms with van der Waals surface area (Å²) in [6.45, 7) is 0. The fourth-order valence-electron chi connectivity index (χ4n) is 3.60. The predicted molar refractivity (Wildman–Crippen MR) is 91.9 cm³/mol. The monoisotopic (exact) mass is 359 g/mol. The molecule has 2 aromatic carbocycles. The topological polar surface area (TPSA) is 12.0 Å². The summed E-state index contributed by atoms with van der Waals surface area (Å²) in [6, 6.07) is 15.0. The maximum Gasteiger partial charge on any atom is 0.0565 e. The van der Waals surface area contributed by atoms with E-state index in [-0.39, 0.29) is 0 Å². The molecule has 1 aliphatic carbocycles. The third-order valence-corrected chi connectivity index (χ3v) is 5.52. The molecular weight excluding hydrogens is 346 g/mol. The van der Waals surface area contributed by atoms with Crippen LogP contribution < -0.4 is 5.32 Å². The Morgan fingerprint density at radius 2 is 1.95 bits per heavy atom. The molecule has 106 valence electrons. The van der Waals surface area contributed by atoms with Crippen molar-refractivity contribution in [3.8, 4) is 0 Å². The molecule has 2 aromatic rings. The maximum absolute atomic E-state index is 6.19. The minimum atomic E-state index is 0.328. The van der Waals surface area contributed by atoms with Crippen molar-refractivity contribution in [3.05, 3.63) is 75.2 Å². The Balaban J connectivity index is 1.82. The smallest absolute Gasteiger partial charge is 0.0565 e. The van der Waals surface area contributed by atoms with Crippen LogP contribution in [-0.2, 0) is 0 Å². The van der Waals surface area contributed by atoms with E-state index in [0.717, 1.165) is 11.4 Å². The number of hydrogen-bond donors (Lipinski definition) is 1. The first-order chi connectivity index (χ1) is 10.2. The summed E-state index contributed by atoms with van der Waals surface area (Å²) in [5, 5.41) is 4.54. The zero-order valence-electron chi connectivity index (χ0n) is 11.4. The van der Waals surface area contributed by atoms with Gasteiger partial charge in [0.25, 0.3) is 0 Å². The number of allylic oxidation sites excluding steroid dienone is 2. The average molecular weight is 361 g/mol. The van der Waals surface area contributed by atoms with Gasteiger partial charge in [-0.1, -0.05) is 57.9 Å². The quantitative estimate of drug-likeness (QED) is 0.622. The Labute approximate surface area is 138 Å². The highest BCUT2D eigenvalue weighted by Gasteiger charge is 2.38. The van der Waals surface area contributed by atoms with Gasteiger partial charge in [0.2, 0.25) is 0 Å². The number of rotatable bonds is 1. The Bertz CT molecular complexity index is 725. The van der Waals surface area contributed by atoms with E-state index in [0.29, 0.717) is 17.9 Å². The van der Waals surface area contributed by atoms with Gasteiger partial charge in [0, 0.05) is 21.1 Å². The molecule has 1 heterocycles. The van der Waals surface area contributed by atoms with Gasteiger partial charge in [0.15, 0.2) is 0 Å². The van der Waals surface area contributed by atoms with Crippen molar-refractivity contribution >= 4 is 33.2 Å². The molecular formula is C18H15BrClN. The highest BCUT2D eigenvalue weighted by atomic mass is 79.9. The fourth-order valence-corrected chi connectivity index (χ4v) is 4.31. The van der Waals surface area contributed by atoms with Crippen LogP contribution in [0.2, 0.25) is 5.02 Å². The lowest BCUT2D eigenvalue weighted by Gasteiger charge is -2.38. The van der Waals surface area contributed by atoms with Crippen LogP contribution in [0.4, 0.5) is 5.69 Å². The largest absolute Gasteiger partial charge is 0.378 e. The number of benzene rings is 2. The lowest BCUT2D eigenvalue weighted by Crippen LogP contribution is -2.29.